The van der Waals surface area contributed by atoms with Crippen molar-refractivity contribution in [2.45, 2.75) is 95.4 Å². The second-order valence-electron chi connectivity index (χ2n) is 12.0. The molecular weight excluding hydrogens is 368 g/mol. The second kappa shape index (κ2) is 4.66. The van der Waals surface area contributed by atoms with Gasteiger partial charge in [0.05, 0.1) is 12.0 Å². The Morgan fingerprint density at radius 2 is 1.69 bits per heavy atom. The summed E-state index contributed by atoms with van der Waals surface area (Å²) in [6.07, 6.45) is 8.21. The van der Waals surface area contributed by atoms with E-state index in [4.69, 9.17) is 9.47 Å². The lowest BCUT2D eigenvalue weighted by atomic mass is 9.40. The standard InChI is InChI=1S/C24H30O5/c1-20-12-17-24(28-17)18(16(20)5-8-22(20)7-4-13(25)9-22)15-11-23(29-19(15)27)10-14(26)3-6-21(23,24)2/h15-18H,3-12H2,1-2H3/t15-,16?,17-,18?,20?,21?,22-,23+,24-/m1/s1. The molecule has 7 aliphatic rings. The van der Waals surface area contributed by atoms with E-state index in [9.17, 15) is 14.4 Å². The van der Waals surface area contributed by atoms with Crippen molar-refractivity contribution in [3.63, 3.8) is 0 Å². The van der Waals surface area contributed by atoms with Gasteiger partial charge in [-0.15, -0.1) is 0 Å². The third-order valence-corrected chi connectivity index (χ3v) is 11.5. The number of Topliss-reactive ketones (excluding diaryl/α,β-unsaturated/α-hetero) is 2. The van der Waals surface area contributed by atoms with E-state index in [0.29, 0.717) is 31.0 Å². The summed E-state index contributed by atoms with van der Waals surface area (Å²) in [7, 11) is 0. The Balaban J connectivity index is 1.38. The first-order valence-electron chi connectivity index (χ1n) is 11.6. The summed E-state index contributed by atoms with van der Waals surface area (Å²) >= 11 is 0. The van der Waals surface area contributed by atoms with Crippen LogP contribution in [0.4, 0.5) is 0 Å². The number of ether oxygens (including phenoxy) is 2. The summed E-state index contributed by atoms with van der Waals surface area (Å²) in [5, 5.41) is 0. The van der Waals surface area contributed by atoms with Crippen molar-refractivity contribution in [3.8, 4) is 0 Å². The molecular formula is C24H30O5. The van der Waals surface area contributed by atoms with Crippen molar-refractivity contribution in [3.05, 3.63) is 0 Å². The number of hydrogen-bond donors (Lipinski definition) is 0. The number of esters is 1. The SMILES string of the molecule is CC12C[C@H]3O[C@@]34C(C1CC[C@@]21CCC(=O)C1)[C@H]1C[C@]2(CC(=O)CCC24C)OC1=O. The summed E-state index contributed by atoms with van der Waals surface area (Å²) < 4.78 is 12.9. The van der Waals surface area contributed by atoms with Gasteiger partial charge in [0.25, 0.3) is 0 Å². The smallest absolute Gasteiger partial charge is 0.310 e. The van der Waals surface area contributed by atoms with Crippen molar-refractivity contribution in [1.29, 1.82) is 0 Å². The Morgan fingerprint density at radius 1 is 0.931 bits per heavy atom. The Morgan fingerprint density at radius 3 is 2.45 bits per heavy atom. The van der Waals surface area contributed by atoms with Crippen molar-refractivity contribution in [1.82, 2.24) is 0 Å². The molecule has 3 spiro atoms. The van der Waals surface area contributed by atoms with Crippen LogP contribution in [0, 0.1) is 34.0 Å². The number of fused-ring (bicyclic) bond motifs is 5. The molecule has 156 valence electrons. The fraction of sp³-hybridized carbons (Fsp3) is 0.875. The zero-order valence-electron chi connectivity index (χ0n) is 17.4. The molecule has 2 heterocycles. The number of epoxide rings is 1. The van der Waals surface area contributed by atoms with Crippen LogP contribution >= 0.6 is 0 Å². The van der Waals surface area contributed by atoms with Crippen molar-refractivity contribution < 1.29 is 23.9 Å². The van der Waals surface area contributed by atoms with Gasteiger partial charge in [-0.1, -0.05) is 13.8 Å². The molecule has 29 heavy (non-hydrogen) atoms. The minimum absolute atomic E-state index is 0.0677. The molecule has 5 heteroatoms. The highest BCUT2D eigenvalue weighted by atomic mass is 16.6. The summed E-state index contributed by atoms with van der Waals surface area (Å²) in [5.41, 5.74) is -1.05. The van der Waals surface area contributed by atoms with Crippen LogP contribution in [0.5, 0.6) is 0 Å². The van der Waals surface area contributed by atoms with Crippen LogP contribution < -0.4 is 0 Å². The van der Waals surface area contributed by atoms with E-state index in [0.717, 1.165) is 44.9 Å². The highest BCUT2D eigenvalue weighted by Crippen LogP contribution is 2.82. The first kappa shape index (κ1) is 17.5. The van der Waals surface area contributed by atoms with Gasteiger partial charge < -0.3 is 9.47 Å². The van der Waals surface area contributed by atoms with Crippen LogP contribution in [0.2, 0.25) is 0 Å². The van der Waals surface area contributed by atoms with Gasteiger partial charge in [-0.3, -0.25) is 14.4 Å². The van der Waals surface area contributed by atoms with Crippen molar-refractivity contribution in [2.75, 3.05) is 0 Å². The minimum Gasteiger partial charge on any atom is -0.458 e. The van der Waals surface area contributed by atoms with Gasteiger partial charge in [-0.2, -0.15) is 0 Å². The molecule has 2 aliphatic heterocycles. The lowest BCUT2D eigenvalue weighted by molar-refractivity contribution is -0.189. The van der Waals surface area contributed by atoms with Gasteiger partial charge in [-0.05, 0) is 48.9 Å². The van der Waals surface area contributed by atoms with Gasteiger partial charge in [0, 0.05) is 43.4 Å². The average Bonchev–Trinajstić information content (AvgIpc) is 2.96. The largest absolute Gasteiger partial charge is 0.458 e. The van der Waals surface area contributed by atoms with Crippen molar-refractivity contribution in [2.24, 2.45) is 34.0 Å². The van der Waals surface area contributed by atoms with Crippen LogP contribution in [0.25, 0.3) is 0 Å². The number of hydrogen-bond acceptors (Lipinski definition) is 5. The monoisotopic (exact) mass is 398 g/mol. The molecule has 0 amide bonds. The van der Waals surface area contributed by atoms with Gasteiger partial charge >= 0.3 is 5.97 Å². The van der Waals surface area contributed by atoms with E-state index in [1.54, 1.807) is 0 Å². The molecule has 2 bridgehead atoms. The predicted octanol–water partition coefficient (Wildman–Crippen LogP) is 3.37. The van der Waals surface area contributed by atoms with E-state index >= 15 is 0 Å². The Hall–Kier alpha value is -1.23. The van der Waals surface area contributed by atoms with Crippen LogP contribution in [0.3, 0.4) is 0 Å². The number of carbonyl (C=O) groups excluding carboxylic acids is 3. The third kappa shape index (κ3) is 1.59. The zero-order valence-corrected chi connectivity index (χ0v) is 17.4. The maximum atomic E-state index is 13.2. The third-order valence-electron chi connectivity index (χ3n) is 11.5. The molecule has 0 N–H and O–H groups in total. The first-order valence-corrected chi connectivity index (χ1v) is 11.6. The Kier molecular flexibility index (Phi) is 2.80. The van der Waals surface area contributed by atoms with Crippen LogP contribution in [0.1, 0.15) is 78.1 Å². The summed E-state index contributed by atoms with van der Waals surface area (Å²) in [5.74, 6) is 1.01. The fourth-order valence-electron chi connectivity index (χ4n) is 10.0. The molecule has 7 rings (SSSR count). The van der Waals surface area contributed by atoms with E-state index in [-0.39, 0.29) is 51.5 Å². The molecule has 0 radical (unpaired) electrons. The van der Waals surface area contributed by atoms with Gasteiger partial charge in [0.15, 0.2) is 0 Å². The molecule has 2 saturated heterocycles. The summed E-state index contributed by atoms with van der Waals surface area (Å²) in [6, 6.07) is 0. The first-order chi connectivity index (χ1) is 13.7. The normalized spacial score (nSPS) is 61.8. The van der Waals surface area contributed by atoms with Gasteiger partial charge in [0.1, 0.15) is 22.8 Å². The number of rotatable bonds is 0. The Bertz CT molecular complexity index is 896. The quantitative estimate of drug-likeness (QED) is 0.462. The Labute approximate surface area is 171 Å². The van der Waals surface area contributed by atoms with Crippen molar-refractivity contribution >= 4 is 17.5 Å². The molecule has 5 saturated carbocycles. The molecule has 0 aromatic rings. The van der Waals surface area contributed by atoms with E-state index in [1.807, 2.05) is 0 Å². The predicted molar refractivity (Wildman–Crippen MR) is 102 cm³/mol. The minimum atomic E-state index is -0.650. The maximum absolute atomic E-state index is 13.2. The van der Waals surface area contributed by atoms with Crippen LogP contribution in [0.15, 0.2) is 0 Å². The summed E-state index contributed by atoms with van der Waals surface area (Å²) in [6.45, 7) is 4.66. The van der Waals surface area contributed by atoms with Crippen LogP contribution in [-0.2, 0) is 23.9 Å². The lowest BCUT2D eigenvalue weighted by Gasteiger charge is -2.61. The molecule has 0 aromatic carbocycles. The lowest BCUT2D eigenvalue weighted by Crippen LogP contribution is -2.68. The molecule has 9 atom stereocenters. The second-order valence-corrected chi connectivity index (χ2v) is 12.0. The molecule has 5 aliphatic carbocycles. The summed E-state index contributed by atoms with van der Waals surface area (Å²) in [4.78, 5) is 37.9. The highest BCUT2D eigenvalue weighted by molar-refractivity contribution is 5.85. The van der Waals surface area contributed by atoms with E-state index in [1.165, 1.54) is 0 Å². The van der Waals surface area contributed by atoms with Crippen LogP contribution in [-0.4, -0.2) is 34.8 Å². The molecule has 5 nitrogen and oxygen atoms in total. The number of carbonyl (C=O) groups is 3. The average molecular weight is 398 g/mol. The molecule has 4 unspecified atom stereocenters. The number of ketones is 2. The van der Waals surface area contributed by atoms with Gasteiger partial charge in [0.2, 0.25) is 0 Å². The molecule has 7 fully saturated rings. The zero-order chi connectivity index (χ0) is 20.0. The van der Waals surface area contributed by atoms with E-state index < -0.39 is 5.60 Å². The topological polar surface area (TPSA) is 73.0 Å². The fourth-order valence-corrected chi connectivity index (χ4v) is 10.0. The maximum Gasteiger partial charge on any atom is 0.310 e. The highest BCUT2D eigenvalue weighted by Gasteiger charge is 2.88. The molecule has 0 aromatic heterocycles. The van der Waals surface area contributed by atoms with E-state index in [2.05, 4.69) is 13.8 Å². The van der Waals surface area contributed by atoms with Gasteiger partial charge in [-0.25, -0.2) is 0 Å².